The summed E-state index contributed by atoms with van der Waals surface area (Å²) >= 11 is 0. The molecule has 1 fully saturated rings. The van der Waals surface area contributed by atoms with Gasteiger partial charge in [-0.3, -0.25) is 14.4 Å². The van der Waals surface area contributed by atoms with Gasteiger partial charge in [-0.05, 0) is 54.8 Å². The Morgan fingerprint density at radius 1 is 1.14 bits per heavy atom. The number of benzene rings is 2. The van der Waals surface area contributed by atoms with Crippen molar-refractivity contribution in [2.45, 2.75) is 45.3 Å². The summed E-state index contributed by atoms with van der Waals surface area (Å²) in [5.41, 5.74) is 5.03. The number of phenolic OH excluding ortho intramolecular Hbond substituents is 1. The Bertz CT molecular complexity index is 1560. The highest BCUT2D eigenvalue weighted by Crippen LogP contribution is 2.55. The van der Waals surface area contributed by atoms with Crippen molar-refractivity contribution in [3.8, 4) is 5.75 Å². The number of amides is 1. The van der Waals surface area contributed by atoms with E-state index in [9.17, 15) is 34.8 Å². The number of hydrogen-bond acceptors (Lipinski definition) is 9. The van der Waals surface area contributed by atoms with Gasteiger partial charge in [0.2, 0.25) is 5.78 Å². The highest BCUT2D eigenvalue weighted by Gasteiger charge is 2.64. The van der Waals surface area contributed by atoms with Crippen molar-refractivity contribution in [2.75, 3.05) is 25.5 Å². The lowest BCUT2D eigenvalue weighted by atomic mass is 9.54. The minimum absolute atomic E-state index is 0.0855. The van der Waals surface area contributed by atoms with E-state index < -0.39 is 57.9 Å². The molecular weight excluding hydrogens is 550 g/mol. The number of hydrogen-bond donors (Lipinski definition) is 6. The molecule has 0 saturated heterocycles. The molecule has 10 nitrogen and oxygen atoms in total. The highest BCUT2D eigenvalue weighted by atomic mass is 16.3. The van der Waals surface area contributed by atoms with E-state index in [2.05, 4.69) is 5.32 Å². The fourth-order valence-corrected chi connectivity index (χ4v) is 7.22. The lowest BCUT2D eigenvalue weighted by Crippen LogP contribution is -2.62. The average molecular weight is 590 g/mol. The van der Waals surface area contributed by atoms with E-state index in [0.717, 1.165) is 12.1 Å². The monoisotopic (exact) mass is 589 g/mol. The number of primary amides is 1. The quantitative estimate of drug-likeness (QED) is 0.200. The van der Waals surface area contributed by atoms with Gasteiger partial charge in [0.1, 0.15) is 22.8 Å². The molecule has 0 unspecified atom stereocenters. The zero-order valence-corrected chi connectivity index (χ0v) is 24.8. The maximum absolute atomic E-state index is 14.1. The molecule has 228 valence electrons. The minimum atomic E-state index is -2.62. The number of aliphatic hydroxyl groups is 3. The second-order valence-electron chi connectivity index (χ2n) is 12.4. The van der Waals surface area contributed by atoms with Crippen molar-refractivity contribution < 1.29 is 34.8 Å². The van der Waals surface area contributed by atoms with Crippen LogP contribution in [0, 0.1) is 23.7 Å². The van der Waals surface area contributed by atoms with Gasteiger partial charge in [-0.15, -0.1) is 0 Å². The lowest BCUT2D eigenvalue weighted by molar-refractivity contribution is -0.155. The molecule has 0 bridgehead atoms. The van der Waals surface area contributed by atoms with Crippen LogP contribution in [-0.4, -0.2) is 64.1 Å². The van der Waals surface area contributed by atoms with E-state index in [1.807, 2.05) is 55.4 Å². The minimum Gasteiger partial charge on any atom is -0.508 e. The SMILES string of the molecule is CC(C)[C@@H]1C(=O)C(C(N)=O)=C(O)[C@@]2(O)C(=O)C3=C(O)c4c(O)c(CNCCc5ccccc5)cc(N(C)C)c4C[C@H]3C[C@@H]12. The number of ketones is 2. The normalized spacial score (nSPS) is 25.0. The highest BCUT2D eigenvalue weighted by molar-refractivity contribution is 6.23. The molecule has 4 atom stereocenters. The number of rotatable bonds is 8. The number of phenols is 1. The number of nitrogens with zero attached hydrogens (tertiary/aromatic N) is 1. The first-order chi connectivity index (χ1) is 20.3. The molecule has 43 heavy (non-hydrogen) atoms. The zero-order chi connectivity index (χ0) is 31.4. The Labute approximate surface area is 250 Å². The number of aliphatic hydroxyl groups excluding tert-OH is 2. The van der Waals surface area contributed by atoms with Crippen molar-refractivity contribution in [3.05, 3.63) is 75.6 Å². The Balaban J connectivity index is 1.58. The van der Waals surface area contributed by atoms with Crippen LogP contribution in [0.5, 0.6) is 5.75 Å². The largest absolute Gasteiger partial charge is 0.508 e. The number of Topliss-reactive ketones (excluding diaryl/α,β-unsaturated/α-hetero) is 2. The van der Waals surface area contributed by atoms with Gasteiger partial charge in [-0.2, -0.15) is 0 Å². The maximum atomic E-state index is 14.1. The summed E-state index contributed by atoms with van der Waals surface area (Å²) in [6, 6.07) is 11.8. The van der Waals surface area contributed by atoms with E-state index >= 15 is 0 Å². The summed E-state index contributed by atoms with van der Waals surface area (Å²) in [4.78, 5) is 41.5. The second-order valence-corrected chi connectivity index (χ2v) is 12.4. The van der Waals surface area contributed by atoms with Crippen LogP contribution in [0.4, 0.5) is 5.69 Å². The van der Waals surface area contributed by atoms with Crippen LogP contribution >= 0.6 is 0 Å². The lowest BCUT2D eigenvalue weighted by Gasteiger charge is -2.50. The van der Waals surface area contributed by atoms with Crippen LogP contribution in [0.3, 0.4) is 0 Å². The summed E-state index contributed by atoms with van der Waals surface area (Å²) in [6.45, 7) is 4.42. The van der Waals surface area contributed by atoms with Gasteiger partial charge in [-0.1, -0.05) is 44.2 Å². The smallest absolute Gasteiger partial charge is 0.255 e. The molecule has 0 radical (unpaired) electrons. The molecule has 1 amide bonds. The van der Waals surface area contributed by atoms with Crippen LogP contribution in [-0.2, 0) is 33.8 Å². The molecule has 3 aliphatic carbocycles. The first kappa shape index (κ1) is 30.3. The van der Waals surface area contributed by atoms with Crippen molar-refractivity contribution >= 4 is 28.9 Å². The number of anilines is 1. The third-order valence-corrected chi connectivity index (χ3v) is 9.26. The molecule has 1 saturated carbocycles. The van der Waals surface area contributed by atoms with E-state index in [1.165, 1.54) is 5.56 Å². The van der Waals surface area contributed by atoms with Crippen LogP contribution < -0.4 is 16.0 Å². The molecule has 0 aliphatic heterocycles. The van der Waals surface area contributed by atoms with E-state index in [-0.39, 0.29) is 35.6 Å². The Morgan fingerprint density at radius 3 is 2.42 bits per heavy atom. The predicted molar refractivity (Wildman–Crippen MR) is 161 cm³/mol. The average Bonchev–Trinajstić information content (AvgIpc) is 2.94. The van der Waals surface area contributed by atoms with Gasteiger partial charge in [0.25, 0.3) is 5.91 Å². The number of carbonyl (C=O) groups excluding carboxylic acids is 3. The molecule has 2 aromatic carbocycles. The zero-order valence-electron chi connectivity index (χ0n) is 24.8. The number of carbonyl (C=O) groups is 3. The van der Waals surface area contributed by atoms with E-state index in [1.54, 1.807) is 13.8 Å². The molecule has 0 aromatic heterocycles. The van der Waals surface area contributed by atoms with Crippen molar-refractivity contribution in [2.24, 2.45) is 29.4 Å². The molecule has 0 heterocycles. The summed E-state index contributed by atoms with van der Waals surface area (Å²) < 4.78 is 0. The van der Waals surface area contributed by atoms with Gasteiger partial charge >= 0.3 is 0 Å². The van der Waals surface area contributed by atoms with Gasteiger partial charge in [-0.25, -0.2) is 0 Å². The van der Waals surface area contributed by atoms with E-state index in [0.29, 0.717) is 24.2 Å². The van der Waals surface area contributed by atoms with Gasteiger partial charge in [0.15, 0.2) is 11.4 Å². The molecule has 0 spiro atoms. The standard InChI is InChI=1S/C33H39N3O7/c1-16(2)23-21-13-18-12-20-22(36(3)4)14-19(15-35-11-10-17-8-6-5-7-9-17)27(37)25(20)29(39)24(18)30(40)33(21,43)31(41)26(28(23)38)32(34)42/h5-9,14,16,18,21,23,35,37,39,41,43H,10-13,15H2,1-4H3,(H2,34,42)/t18-,21-,23-,33-/m0/s1. The fourth-order valence-electron chi connectivity index (χ4n) is 7.22. The second kappa shape index (κ2) is 11.2. The summed E-state index contributed by atoms with van der Waals surface area (Å²) in [5, 5.41) is 49.3. The number of nitrogens with two attached hydrogens (primary N) is 1. The summed E-state index contributed by atoms with van der Waals surface area (Å²) in [6.07, 6.45) is 1.12. The van der Waals surface area contributed by atoms with Crippen LogP contribution in [0.15, 0.2) is 53.3 Å². The fraction of sp³-hybridized carbons (Fsp3) is 0.424. The van der Waals surface area contributed by atoms with E-state index in [4.69, 9.17) is 5.73 Å². The van der Waals surface area contributed by atoms with Gasteiger partial charge in [0, 0.05) is 49.3 Å². The third-order valence-electron chi connectivity index (χ3n) is 9.26. The topological polar surface area (TPSA) is 173 Å². The molecule has 5 rings (SSSR count). The van der Waals surface area contributed by atoms with Crippen molar-refractivity contribution in [1.82, 2.24) is 5.32 Å². The van der Waals surface area contributed by atoms with Gasteiger partial charge < -0.3 is 36.4 Å². The maximum Gasteiger partial charge on any atom is 0.255 e. The molecular formula is C33H39N3O7. The van der Waals surface area contributed by atoms with Crippen molar-refractivity contribution in [3.63, 3.8) is 0 Å². The Morgan fingerprint density at radius 2 is 1.81 bits per heavy atom. The first-order valence-electron chi connectivity index (χ1n) is 14.6. The Kier molecular flexibility index (Phi) is 7.87. The van der Waals surface area contributed by atoms with Crippen molar-refractivity contribution in [1.29, 1.82) is 0 Å². The third kappa shape index (κ3) is 4.78. The predicted octanol–water partition coefficient (Wildman–Crippen LogP) is 2.70. The number of aromatic hydroxyl groups is 1. The number of fused-ring (bicyclic) bond motifs is 3. The summed E-state index contributed by atoms with van der Waals surface area (Å²) in [5.74, 6) is -7.66. The van der Waals surface area contributed by atoms with Crippen LogP contribution in [0.2, 0.25) is 0 Å². The molecule has 10 heteroatoms. The Hall–Kier alpha value is -4.15. The van der Waals surface area contributed by atoms with Gasteiger partial charge in [0.05, 0.1) is 5.56 Å². The van der Waals surface area contributed by atoms with Crippen LogP contribution in [0.25, 0.3) is 5.76 Å². The molecule has 7 N–H and O–H groups in total. The first-order valence-corrected chi connectivity index (χ1v) is 14.6. The molecule has 3 aliphatic rings. The summed E-state index contributed by atoms with van der Waals surface area (Å²) in [7, 11) is 3.70. The molecule has 2 aromatic rings. The number of nitrogens with one attached hydrogen (secondary N) is 1. The van der Waals surface area contributed by atoms with Crippen LogP contribution in [0.1, 0.15) is 42.5 Å².